The van der Waals surface area contributed by atoms with Crippen LogP contribution < -0.4 is 5.43 Å². The van der Waals surface area contributed by atoms with E-state index in [4.69, 9.17) is 0 Å². The number of hydrogen-bond acceptors (Lipinski definition) is 3. The summed E-state index contributed by atoms with van der Waals surface area (Å²) in [6.45, 7) is 4.33. The van der Waals surface area contributed by atoms with Crippen molar-refractivity contribution in [3.63, 3.8) is 0 Å². The van der Waals surface area contributed by atoms with Crippen LogP contribution >= 0.6 is 0 Å². The lowest BCUT2D eigenvalue weighted by molar-refractivity contribution is 0.768. The Morgan fingerprint density at radius 2 is 2.20 bits per heavy atom. The quantitative estimate of drug-likeness (QED) is 0.354. The van der Waals surface area contributed by atoms with Crippen molar-refractivity contribution < 1.29 is 0 Å². The van der Waals surface area contributed by atoms with Gasteiger partial charge in [0.2, 0.25) is 0 Å². The molecule has 1 N–H and O–H groups in total. The molecule has 0 aromatic heterocycles. The maximum atomic E-state index is 3.96. The van der Waals surface area contributed by atoms with E-state index in [1.165, 1.54) is 0 Å². The van der Waals surface area contributed by atoms with Gasteiger partial charge < -0.3 is 0 Å². The zero-order chi connectivity index (χ0) is 7.66. The second kappa shape index (κ2) is 7.88. The van der Waals surface area contributed by atoms with Gasteiger partial charge in [0, 0.05) is 12.4 Å². The van der Waals surface area contributed by atoms with Gasteiger partial charge in [-0.25, -0.2) is 0 Å². The predicted molar refractivity (Wildman–Crippen MR) is 45.5 cm³/mol. The molecule has 0 fully saturated rings. The molecule has 0 aliphatic heterocycles. The predicted octanol–water partition coefficient (Wildman–Crippen LogP) is 1.19. The van der Waals surface area contributed by atoms with Crippen molar-refractivity contribution in [3.8, 4) is 0 Å². The summed E-state index contributed by atoms with van der Waals surface area (Å²) >= 11 is 0. The molecule has 0 atom stereocenters. The van der Waals surface area contributed by atoms with Crippen molar-refractivity contribution >= 4 is 12.4 Å². The summed E-state index contributed by atoms with van der Waals surface area (Å²) in [4.78, 5) is 3.96. The average Bonchev–Trinajstić information content (AvgIpc) is 1.97. The molecule has 0 saturated heterocycles. The van der Waals surface area contributed by atoms with Gasteiger partial charge in [0.1, 0.15) is 6.67 Å². The van der Waals surface area contributed by atoms with Crippen molar-refractivity contribution in [1.29, 1.82) is 0 Å². The highest BCUT2D eigenvalue weighted by Gasteiger charge is 1.67. The Kier molecular flexibility index (Phi) is 7.00. The van der Waals surface area contributed by atoms with Crippen LogP contribution in [0.15, 0.2) is 22.2 Å². The van der Waals surface area contributed by atoms with Crippen LogP contribution in [0.4, 0.5) is 0 Å². The minimum Gasteiger partial charge on any atom is -0.289 e. The standard InChI is InChI=1S/C7H13N3/c1-3-5-6-8-7-10-9-4-2/h3-6,10H,7H2,1-2H3/b5-3-,8-6?,9-4-. The molecule has 0 amide bonds. The van der Waals surface area contributed by atoms with Crippen LogP contribution in [-0.2, 0) is 0 Å². The summed E-state index contributed by atoms with van der Waals surface area (Å²) in [6.07, 6.45) is 7.22. The lowest BCUT2D eigenvalue weighted by Gasteiger charge is -1.89. The van der Waals surface area contributed by atoms with Crippen LogP contribution in [0.25, 0.3) is 0 Å². The molecule has 0 unspecified atom stereocenters. The fraction of sp³-hybridized carbons (Fsp3) is 0.429. The maximum absolute atomic E-state index is 3.96. The smallest absolute Gasteiger partial charge is 0.123 e. The number of hydrogen-bond donors (Lipinski definition) is 1. The molecular weight excluding hydrogens is 126 g/mol. The van der Waals surface area contributed by atoms with Gasteiger partial charge in [0.05, 0.1) is 0 Å². The van der Waals surface area contributed by atoms with E-state index >= 15 is 0 Å². The van der Waals surface area contributed by atoms with E-state index in [-0.39, 0.29) is 0 Å². The molecule has 0 aromatic carbocycles. The molecule has 56 valence electrons. The van der Waals surface area contributed by atoms with Gasteiger partial charge in [-0.1, -0.05) is 6.08 Å². The fourth-order valence-electron chi connectivity index (χ4n) is 0.373. The maximum Gasteiger partial charge on any atom is 0.123 e. The highest BCUT2D eigenvalue weighted by molar-refractivity contribution is 5.70. The monoisotopic (exact) mass is 139 g/mol. The fourth-order valence-corrected chi connectivity index (χ4v) is 0.373. The van der Waals surface area contributed by atoms with Crippen molar-refractivity contribution in [1.82, 2.24) is 5.43 Å². The number of rotatable bonds is 4. The van der Waals surface area contributed by atoms with Gasteiger partial charge in [-0.15, -0.1) is 0 Å². The van der Waals surface area contributed by atoms with E-state index in [9.17, 15) is 0 Å². The summed E-state index contributed by atoms with van der Waals surface area (Å²) in [5, 5.41) is 3.76. The second-order valence-corrected chi connectivity index (χ2v) is 1.56. The van der Waals surface area contributed by atoms with Crippen LogP contribution in [0.5, 0.6) is 0 Å². The second-order valence-electron chi connectivity index (χ2n) is 1.56. The van der Waals surface area contributed by atoms with Crippen molar-refractivity contribution in [2.75, 3.05) is 6.67 Å². The minimum atomic E-state index is 0.536. The first kappa shape index (κ1) is 8.88. The van der Waals surface area contributed by atoms with E-state index < -0.39 is 0 Å². The van der Waals surface area contributed by atoms with Gasteiger partial charge >= 0.3 is 0 Å². The van der Waals surface area contributed by atoms with Crippen LogP contribution in [0.1, 0.15) is 13.8 Å². The number of aliphatic imine (C=N–C) groups is 1. The van der Waals surface area contributed by atoms with E-state index in [2.05, 4.69) is 15.5 Å². The summed E-state index contributed by atoms with van der Waals surface area (Å²) in [7, 11) is 0. The van der Waals surface area contributed by atoms with Gasteiger partial charge in [-0.2, -0.15) is 5.10 Å². The molecule has 3 nitrogen and oxygen atoms in total. The summed E-state index contributed by atoms with van der Waals surface area (Å²) < 4.78 is 0. The molecule has 0 aromatic rings. The van der Waals surface area contributed by atoms with E-state index in [0.717, 1.165) is 0 Å². The van der Waals surface area contributed by atoms with E-state index in [1.807, 2.05) is 26.0 Å². The van der Waals surface area contributed by atoms with Crippen LogP contribution in [0.2, 0.25) is 0 Å². The molecule has 0 spiro atoms. The summed E-state index contributed by atoms with van der Waals surface area (Å²) in [5.41, 5.74) is 2.73. The summed E-state index contributed by atoms with van der Waals surface area (Å²) in [5.74, 6) is 0. The molecule has 0 radical (unpaired) electrons. The van der Waals surface area contributed by atoms with E-state index in [1.54, 1.807) is 12.4 Å². The largest absolute Gasteiger partial charge is 0.289 e. The first-order chi connectivity index (χ1) is 4.91. The van der Waals surface area contributed by atoms with E-state index in [0.29, 0.717) is 6.67 Å². The SMILES string of the molecule is C/C=C\C=NCN/N=C\C. The third kappa shape index (κ3) is 6.88. The number of nitrogens with zero attached hydrogens (tertiary/aromatic N) is 2. The Hall–Kier alpha value is -1.12. The third-order valence-electron chi connectivity index (χ3n) is 0.766. The van der Waals surface area contributed by atoms with Crippen molar-refractivity contribution in [3.05, 3.63) is 12.2 Å². The summed E-state index contributed by atoms with van der Waals surface area (Å²) in [6, 6.07) is 0. The zero-order valence-electron chi connectivity index (χ0n) is 6.41. The lowest BCUT2D eigenvalue weighted by Crippen LogP contribution is -2.03. The number of nitrogens with one attached hydrogen (secondary N) is 1. The molecule has 3 heteroatoms. The Morgan fingerprint density at radius 1 is 1.40 bits per heavy atom. The highest BCUT2D eigenvalue weighted by atomic mass is 15.3. The topological polar surface area (TPSA) is 36.8 Å². The normalized spacial score (nSPS) is 12.2. The van der Waals surface area contributed by atoms with Crippen LogP contribution in [0.3, 0.4) is 0 Å². The van der Waals surface area contributed by atoms with Gasteiger partial charge in [0.15, 0.2) is 0 Å². The number of hydrazone groups is 1. The molecule has 0 rings (SSSR count). The lowest BCUT2D eigenvalue weighted by atomic mass is 10.6. The average molecular weight is 139 g/mol. The van der Waals surface area contributed by atoms with Gasteiger partial charge in [-0.05, 0) is 19.9 Å². The van der Waals surface area contributed by atoms with Crippen LogP contribution in [0, 0.1) is 0 Å². The Morgan fingerprint density at radius 3 is 2.80 bits per heavy atom. The Balaban J connectivity index is 3.18. The van der Waals surface area contributed by atoms with Crippen molar-refractivity contribution in [2.45, 2.75) is 13.8 Å². The molecule has 0 bridgehead atoms. The molecule has 0 heterocycles. The van der Waals surface area contributed by atoms with Crippen molar-refractivity contribution in [2.24, 2.45) is 10.1 Å². The minimum absolute atomic E-state index is 0.536. The number of allylic oxidation sites excluding steroid dienone is 2. The molecule has 0 aliphatic carbocycles. The van der Waals surface area contributed by atoms with Gasteiger partial charge in [-0.3, -0.25) is 10.4 Å². The van der Waals surface area contributed by atoms with Gasteiger partial charge in [0.25, 0.3) is 0 Å². The van der Waals surface area contributed by atoms with Crippen LogP contribution in [-0.4, -0.2) is 19.1 Å². The third-order valence-corrected chi connectivity index (χ3v) is 0.766. The molecule has 10 heavy (non-hydrogen) atoms. The first-order valence-corrected chi connectivity index (χ1v) is 3.23. The molecular formula is C7H13N3. The first-order valence-electron chi connectivity index (χ1n) is 3.23. The highest BCUT2D eigenvalue weighted by Crippen LogP contribution is 1.66. The Bertz CT molecular complexity index is 136. The Labute approximate surface area is 61.5 Å². The zero-order valence-corrected chi connectivity index (χ0v) is 6.41. The molecule has 0 aliphatic rings. The molecule has 0 saturated carbocycles.